The molecule has 1 aromatic heterocycles. The van der Waals surface area contributed by atoms with Gasteiger partial charge in [0.2, 0.25) is 0 Å². The normalized spacial score (nSPS) is 11.0. The van der Waals surface area contributed by atoms with Gasteiger partial charge in [0, 0.05) is 6.54 Å². The molecule has 0 aliphatic rings. The second-order valence-corrected chi connectivity index (χ2v) is 5.74. The summed E-state index contributed by atoms with van der Waals surface area (Å²) in [7, 11) is 2.03. The molecule has 2 aromatic carbocycles. The Kier molecular flexibility index (Phi) is 5.18. The van der Waals surface area contributed by atoms with E-state index in [4.69, 9.17) is 4.74 Å². The number of aryl methyl sites for hydroxylation is 1. The topological polar surface area (TPSA) is 56.1 Å². The van der Waals surface area contributed by atoms with Crippen LogP contribution in [0.5, 0.6) is 5.75 Å². The van der Waals surface area contributed by atoms with Crippen LogP contribution in [0.4, 0.5) is 0 Å². The Morgan fingerprint density at radius 1 is 1.04 bits per heavy atom. The summed E-state index contributed by atoms with van der Waals surface area (Å²) in [5.41, 5.74) is 2.19. The predicted molar refractivity (Wildman–Crippen MR) is 92.2 cm³/mol. The first-order valence-electron chi connectivity index (χ1n) is 7.93. The van der Waals surface area contributed by atoms with Gasteiger partial charge in [-0.1, -0.05) is 35.9 Å². The fraction of sp³-hybridized carbons (Fsp3) is 0.278. The highest BCUT2D eigenvalue weighted by molar-refractivity contribution is 5.30. The van der Waals surface area contributed by atoms with Crippen LogP contribution in [0, 0.1) is 6.92 Å². The van der Waals surface area contributed by atoms with E-state index < -0.39 is 0 Å². The Morgan fingerprint density at radius 3 is 2.54 bits per heavy atom. The Hall–Kier alpha value is -2.73. The largest absolute Gasteiger partial charge is 0.492 e. The zero-order valence-electron chi connectivity index (χ0n) is 14.0. The van der Waals surface area contributed by atoms with Gasteiger partial charge in [-0.3, -0.25) is 4.90 Å². The van der Waals surface area contributed by atoms with E-state index in [0.29, 0.717) is 13.2 Å². The average Bonchev–Trinajstić information content (AvgIpc) is 3.05. The molecule has 0 aliphatic carbocycles. The number of para-hydroxylation sites is 1. The summed E-state index contributed by atoms with van der Waals surface area (Å²) in [4.78, 5) is 2.14. The van der Waals surface area contributed by atoms with Crippen LogP contribution >= 0.6 is 0 Å². The smallest absolute Gasteiger partial charge is 0.170 e. The maximum absolute atomic E-state index is 5.77. The summed E-state index contributed by atoms with van der Waals surface area (Å²) in [6.07, 6.45) is 0. The molecule has 124 valence electrons. The molecule has 0 radical (unpaired) electrons. The third kappa shape index (κ3) is 4.17. The fourth-order valence-electron chi connectivity index (χ4n) is 2.35. The summed E-state index contributed by atoms with van der Waals surface area (Å²) in [6, 6.07) is 18.0. The van der Waals surface area contributed by atoms with Crippen molar-refractivity contribution >= 4 is 0 Å². The number of tetrazole rings is 1. The molecule has 0 saturated carbocycles. The zero-order valence-corrected chi connectivity index (χ0v) is 14.0. The monoisotopic (exact) mass is 323 g/mol. The number of benzene rings is 2. The number of rotatable bonds is 7. The second-order valence-electron chi connectivity index (χ2n) is 5.74. The van der Waals surface area contributed by atoms with Crippen LogP contribution in [0.3, 0.4) is 0 Å². The quantitative estimate of drug-likeness (QED) is 0.668. The standard InChI is InChI=1S/C18H21N5O/c1-15-8-10-17(11-9-15)24-13-12-22(2)14-18-19-20-21-23(18)16-6-4-3-5-7-16/h3-11H,12-14H2,1-2H3. The summed E-state index contributed by atoms with van der Waals surface area (Å²) < 4.78 is 7.53. The highest BCUT2D eigenvalue weighted by Gasteiger charge is 2.10. The van der Waals surface area contributed by atoms with Crippen molar-refractivity contribution in [3.8, 4) is 11.4 Å². The van der Waals surface area contributed by atoms with Gasteiger partial charge >= 0.3 is 0 Å². The van der Waals surface area contributed by atoms with Crippen molar-refractivity contribution in [3.63, 3.8) is 0 Å². The predicted octanol–water partition coefficient (Wildman–Crippen LogP) is 2.48. The minimum absolute atomic E-state index is 0.618. The van der Waals surface area contributed by atoms with Crippen molar-refractivity contribution in [1.82, 2.24) is 25.1 Å². The van der Waals surface area contributed by atoms with E-state index in [9.17, 15) is 0 Å². The molecule has 6 heteroatoms. The summed E-state index contributed by atoms with van der Waals surface area (Å²) in [5.74, 6) is 1.70. The highest BCUT2D eigenvalue weighted by Crippen LogP contribution is 2.12. The van der Waals surface area contributed by atoms with Gasteiger partial charge in [-0.15, -0.1) is 5.10 Å². The van der Waals surface area contributed by atoms with Gasteiger partial charge in [-0.2, -0.15) is 4.68 Å². The van der Waals surface area contributed by atoms with E-state index in [-0.39, 0.29) is 0 Å². The Bertz CT molecular complexity index is 755. The minimum Gasteiger partial charge on any atom is -0.492 e. The first-order valence-corrected chi connectivity index (χ1v) is 7.93. The Morgan fingerprint density at radius 2 is 1.79 bits per heavy atom. The van der Waals surface area contributed by atoms with Gasteiger partial charge in [0.15, 0.2) is 5.82 Å². The molecule has 0 bridgehead atoms. The van der Waals surface area contributed by atoms with E-state index in [1.165, 1.54) is 5.56 Å². The number of nitrogens with zero attached hydrogens (tertiary/aromatic N) is 5. The number of aromatic nitrogens is 4. The number of hydrogen-bond donors (Lipinski definition) is 0. The van der Waals surface area contributed by atoms with Crippen molar-refractivity contribution < 1.29 is 4.74 Å². The Balaban J connectivity index is 1.53. The van der Waals surface area contributed by atoms with E-state index in [1.807, 2.05) is 61.6 Å². The van der Waals surface area contributed by atoms with Crippen LogP contribution < -0.4 is 4.74 Å². The van der Waals surface area contributed by atoms with Crippen LogP contribution in [0.25, 0.3) is 5.69 Å². The highest BCUT2D eigenvalue weighted by atomic mass is 16.5. The van der Waals surface area contributed by atoms with Crippen LogP contribution in [0.1, 0.15) is 11.4 Å². The van der Waals surface area contributed by atoms with Crippen molar-refractivity contribution in [3.05, 3.63) is 66.0 Å². The lowest BCUT2D eigenvalue weighted by Crippen LogP contribution is -2.25. The molecule has 0 N–H and O–H groups in total. The molecule has 0 spiro atoms. The number of hydrogen-bond acceptors (Lipinski definition) is 5. The number of likely N-dealkylation sites (N-methyl/N-ethyl adjacent to an activating group) is 1. The van der Waals surface area contributed by atoms with Crippen LogP contribution in [-0.2, 0) is 6.54 Å². The van der Waals surface area contributed by atoms with Crippen LogP contribution in [0.15, 0.2) is 54.6 Å². The number of ether oxygens (including phenoxy) is 1. The van der Waals surface area contributed by atoms with E-state index in [2.05, 4.69) is 27.3 Å². The van der Waals surface area contributed by atoms with Crippen LogP contribution in [0.2, 0.25) is 0 Å². The van der Waals surface area contributed by atoms with Crippen LogP contribution in [-0.4, -0.2) is 45.3 Å². The molecule has 24 heavy (non-hydrogen) atoms. The summed E-state index contributed by atoms with van der Waals surface area (Å²) in [6.45, 7) is 4.12. The van der Waals surface area contributed by atoms with Gasteiger partial charge in [0.05, 0.1) is 12.2 Å². The average molecular weight is 323 g/mol. The zero-order chi connectivity index (χ0) is 16.8. The van der Waals surface area contributed by atoms with E-state index >= 15 is 0 Å². The van der Waals surface area contributed by atoms with E-state index in [1.54, 1.807) is 4.68 Å². The van der Waals surface area contributed by atoms with Gasteiger partial charge in [0.25, 0.3) is 0 Å². The molecule has 0 saturated heterocycles. The molecule has 0 amide bonds. The molecule has 0 aliphatic heterocycles. The molecule has 0 fully saturated rings. The van der Waals surface area contributed by atoms with Crippen molar-refractivity contribution in [2.75, 3.05) is 20.2 Å². The van der Waals surface area contributed by atoms with Crippen molar-refractivity contribution in [2.24, 2.45) is 0 Å². The van der Waals surface area contributed by atoms with E-state index in [0.717, 1.165) is 23.8 Å². The SMILES string of the molecule is Cc1ccc(OCCN(C)Cc2nnnn2-c2ccccc2)cc1. The van der Waals surface area contributed by atoms with Gasteiger partial charge in [0.1, 0.15) is 12.4 Å². The molecule has 6 nitrogen and oxygen atoms in total. The molecule has 0 unspecified atom stereocenters. The summed E-state index contributed by atoms with van der Waals surface area (Å²) in [5, 5.41) is 12.0. The maximum Gasteiger partial charge on any atom is 0.170 e. The molecule has 1 heterocycles. The first kappa shape index (κ1) is 16.1. The lowest BCUT2D eigenvalue weighted by atomic mass is 10.2. The molecular formula is C18H21N5O. The Labute approximate surface area is 141 Å². The third-order valence-corrected chi connectivity index (χ3v) is 3.71. The first-order chi connectivity index (χ1) is 11.7. The molecule has 3 aromatic rings. The lowest BCUT2D eigenvalue weighted by Gasteiger charge is -2.16. The maximum atomic E-state index is 5.77. The van der Waals surface area contributed by atoms with Gasteiger partial charge in [-0.05, 0) is 48.7 Å². The fourth-order valence-corrected chi connectivity index (χ4v) is 2.35. The van der Waals surface area contributed by atoms with Gasteiger partial charge < -0.3 is 4.74 Å². The minimum atomic E-state index is 0.618. The molecule has 0 atom stereocenters. The molecular weight excluding hydrogens is 302 g/mol. The second kappa shape index (κ2) is 7.70. The lowest BCUT2D eigenvalue weighted by molar-refractivity contribution is 0.228. The third-order valence-electron chi connectivity index (χ3n) is 3.71. The van der Waals surface area contributed by atoms with Gasteiger partial charge in [-0.25, -0.2) is 0 Å². The van der Waals surface area contributed by atoms with Crippen molar-refractivity contribution in [1.29, 1.82) is 0 Å². The van der Waals surface area contributed by atoms with Crippen molar-refractivity contribution in [2.45, 2.75) is 13.5 Å². The molecule has 3 rings (SSSR count). The summed E-state index contributed by atoms with van der Waals surface area (Å²) >= 11 is 0.